The minimum atomic E-state index is -0.669. The van der Waals surface area contributed by atoms with Crippen molar-refractivity contribution in [3.05, 3.63) is 12.5 Å². The van der Waals surface area contributed by atoms with Crippen LogP contribution in [0, 0.1) is 0 Å². The molecule has 2 aromatic heterocycles. The Morgan fingerprint density at radius 2 is 1.86 bits per heavy atom. The Hall–Kier alpha value is -1.73. The highest BCUT2D eigenvalue weighted by Gasteiger charge is 2.32. The van der Waals surface area contributed by atoms with Gasteiger partial charge in [0.05, 0.1) is 29.3 Å². The van der Waals surface area contributed by atoms with Gasteiger partial charge in [0.15, 0.2) is 5.65 Å². The summed E-state index contributed by atoms with van der Waals surface area (Å²) in [5, 5.41) is 27.8. The molecule has 7 heteroatoms. The molecule has 114 valence electrons. The minimum absolute atomic E-state index is 0.00564. The Bertz CT molecular complexity index is 638. The van der Waals surface area contributed by atoms with Crippen molar-refractivity contribution in [2.75, 3.05) is 5.32 Å². The van der Waals surface area contributed by atoms with Crippen molar-refractivity contribution in [1.82, 2.24) is 19.7 Å². The maximum Gasteiger partial charge on any atom is 0.163 e. The second-order valence-corrected chi connectivity index (χ2v) is 6.63. The molecule has 3 N–H and O–H groups in total. The second kappa shape index (κ2) is 4.92. The predicted octanol–water partition coefficient (Wildman–Crippen LogP) is 0.877. The van der Waals surface area contributed by atoms with E-state index < -0.39 is 12.2 Å². The molecule has 0 radical (unpaired) electrons. The molecule has 7 nitrogen and oxygen atoms in total. The number of aromatic nitrogens is 4. The van der Waals surface area contributed by atoms with E-state index in [1.54, 1.807) is 6.20 Å². The van der Waals surface area contributed by atoms with E-state index in [4.69, 9.17) is 0 Å². The first-order valence-electron chi connectivity index (χ1n) is 7.18. The summed E-state index contributed by atoms with van der Waals surface area (Å²) in [5.74, 6) is 0.696. The number of anilines is 1. The van der Waals surface area contributed by atoms with E-state index in [0.717, 1.165) is 11.0 Å². The zero-order valence-electron chi connectivity index (χ0n) is 12.5. The molecule has 1 aliphatic carbocycles. The van der Waals surface area contributed by atoms with Gasteiger partial charge < -0.3 is 15.5 Å². The number of aliphatic hydroxyl groups excluding tert-OH is 2. The molecule has 0 aromatic carbocycles. The van der Waals surface area contributed by atoms with Gasteiger partial charge in [-0.2, -0.15) is 5.10 Å². The fourth-order valence-electron chi connectivity index (χ4n) is 2.75. The predicted molar refractivity (Wildman–Crippen MR) is 79.0 cm³/mol. The fourth-order valence-corrected chi connectivity index (χ4v) is 2.75. The van der Waals surface area contributed by atoms with Crippen LogP contribution >= 0.6 is 0 Å². The Morgan fingerprint density at radius 1 is 1.19 bits per heavy atom. The monoisotopic (exact) mass is 291 g/mol. The largest absolute Gasteiger partial charge is 0.390 e. The van der Waals surface area contributed by atoms with Crippen LogP contribution in [0.4, 0.5) is 5.82 Å². The smallest absolute Gasteiger partial charge is 0.163 e. The summed E-state index contributed by atoms with van der Waals surface area (Å²) < 4.78 is 1.87. The zero-order valence-corrected chi connectivity index (χ0v) is 12.5. The minimum Gasteiger partial charge on any atom is -0.390 e. The lowest BCUT2D eigenvalue weighted by Gasteiger charge is -2.20. The van der Waals surface area contributed by atoms with Crippen LogP contribution in [0.5, 0.6) is 0 Å². The van der Waals surface area contributed by atoms with E-state index >= 15 is 0 Å². The van der Waals surface area contributed by atoms with E-state index in [9.17, 15) is 10.2 Å². The summed E-state index contributed by atoms with van der Waals surface area (Å²) in [6.07, 6.45) is 2.95. The number of hydrogen-bond donors (Lipinski definition) is 3. The second-order valence-electron chi connectivity index (χ2n) is 6.63. The molecule has 1 saturated carbocycles. The molecule has 0 aliphatic heterocycles. The van der Waals surface area contributed by atoms with Crippen molar-refractivity contribution >= 4 is 16.9 Å². The lowest BCUT2D eigenvalue weighted by molar-refractivity contribution is 0.0438. The third kappa shape index (κ3) is 2.58. The van der Waals surface area contributed by atoms with Crippen LogP contribution in [0.1, 0.15) is 33.6 Å². The summed E-state index contributed by atoms with van der Waals surface area (Å²) in [6, 6.07) is 0.00564. The van der Waals surface area contributed by atoms with Gasteiger partial charge in [-0.1, -0.05) is 0 Å². The molecular weight excluding hydrogens is 270 g/mol. The highest BCUT2D eigenvalue weighted by atomic mass is 16.3. The summed E-state index contributed by atoms with van der Waals surface area (Å²) in [6.45, 7) is 6.20. The quantitative estimate of drug-likeness (QED) is 0.760. The van der Waals surface area contributed by atoms with Gasteiger partial charge in [0.1, 0.15) is 12.1 Å². The molecule has 0 spiro atoms. The Balaban J connectivity index is 1.92. The first kappa shape index (κ1) is 14.2. The first-order valence-corrected chi connectivity index (χ1v) is 7.18. The number of nitrogens with zero attached hydrogens (tertiary/aromatic N) is 4. The summed E-state index contributed by atoms with van der Waals surface area (Å²) >= 11 is 0. The van der Waals surface area contributed by atoms with E-state index in [1.165, 1.54) is 6.33 Å². The van der Waals surface area contributed by atoms with Gasteiger partial charge in [-0.15, -0.1) is 0 Å². The highest BCUT2D eigenvalue weighted by molar-refractivity contribution is 5.86. The normalized spacial score (nSPS) is 26.4. The Labute approximate surface area is 123 Å². The van der Waals surface area contributed by atoms with Crippen molar-refractivity contribution in [1.29, 1.82) is 0 Å². The average molecular weight is 291 g/mol. The molecule has 2 heterocycles. The van der Waals surface area contributed by atoms with Gasteiger partial charge >= 0.3 is 0 Å². The van der Waals surface area contributed by atoms with E-state index in [1.807, 2.05) is 4.68 Å². The zero-order chi connectivity index (χ0) is 15.2. The molecular formula is C14H21N5O2. The van der Waals surface area contributed by atoms with Gasteiger partial charge in [0, 0.05) is 6.04 Å². The van der Waals surface area contributed by atoms with Gasteiger partial charge in [-0.05, 0) is 33.6 Å². The summed E-state index contributed by atoms with van der Waals surface area (Å²) in [5.41, 5.74) is 0.617. The Kier molecular flexibility index (Phi) is 3.33. The lowest BCUT2D eigenvalue weighted by Crippen LogP contribution is -2.23. The molecule has 0 amide bonds. The number of nitrogens with one attached hydrogen (secondary N) is 1. The van der Waals surface area contributed by atoms with Gasteiger partial charge in [-0.3, -0.25) is 0 Å². The lowest BCUT2D eigenvalue weighted by atomic mass is 10.1. The van der Waals surface area contributed by atoms with Crippen molar-refractivity contribution in [3.63, 3.8) is 0 Å². The van der Waals surface area contributed by atoms with Crippen molar-refractivity contribution in [2.45, 2.75) is 57.4 Å². The van der Waals surface area contributed by atoms with Crippen LogP contribution in [0.25, 0.3) is 11.0 Å². The van der Waals surface area contributed by atoms with E-state index in [0.29, 0.717) is 18.7 Å². The van der Waals surface area contributed by atoms with Crippen molar-refractivity contribution in [2.24, 2.45) is 0 Å². The Morgan fingerprint density at radius 3 is 2.48 bits per heavy atom. The molecule has 2 aromatic rings. The molecule has 3 atom stereocenters. The number of fused-ring (bicyclic) bond motifs is 1. The standard InChI is InChI=1S/C14H21N5O2/c1-14(2,3)19-13-9(6-17-19)12(15-7-16-13)18-8-4-10(20)11(21)5-8/h6-8,10-11,20-21H,4-5H2,1-3H3,(H,15,16,18)/t8?,10-,11+. The number of rotatable bonds is 2. The maximum absolute atomic E-state index is 9.63. The van der Waals surface area contributed by atoms with Crippen LogP contribution in [0.3, 0.4) is 0 Å². The molecule has 0 bridgehead atoms. The van der Waals surface area contributed by atoms with Gasteiger partial charge in [0.25, 0.3) is 0 Å². The third-order valence-electron chi connectivity index (χ3n) is 3.84. The van der Waals surface area contributed by atoms with Crippen molar-refractivity contribution < 1.29 is 10.2 Å². The molecule has 1 aliphatic rings. The van der Waals surface area contributed by atoms with Gasteiger partial charge in [-0.25, -0.2) is 14.6 Å². The first-order chi connectivity index (χ1) is 9.86. The van der Waals surface area contributed by atoms with Crippen LogP contribution in [-0.2, 0) is 5.54 Å². The SMILES string of the molecule is CC(C)(C)n1ncc2c(NC3C[C@@H](O)[C@@H](O)C3)ncnc21. The van der Waals surface area contributed by atoms with Gasteiger partial charge in [0.2, 0.25) is 0 Å². The molecule has 1 fully saturated rings. The van der Waals surface area contributed by atoms with Crippen LogP contribution in [0.2, 0.25) is 0 Å². The fraction of sp³-hybridized carbons (Fsp3) is 0.643. The maximum atomic E-state index is 9.63. The van der Waals surface area contributed by atoms with Crippen LogP contribution in [0.15, 0.2) is 12.5 Å². The molecule has 3 rings (SSSR count). The van der Waals surface area contributed by atoms with E-state index in [2.05, 4.69) is 41.2 Å². The van der Waals surface area contributed by atoms with E-state index in [-0.39, 0.29) is 11.6 Å². The third-order valence-corrected chi connectivity index (χ3v) is 3.84. The molecule has 0 saturated heterocycles. The summed E-state index contributed by atoms with van der Waals surface area (Å²) in [4.78, 5) is 8.60. The topological polar surface area (TPSA) is 96.1 Å². The van der Waals surface area contributed by atoms with Crippen molar-refractivity contribution in [3.8, 4) is 0 Å². The number of aliphatic hydroxyl groups is 2. The number of hydrogen-bond acceptors (Lipinski definition) is 6. The van der Waals surface area contributed by atoms with Crippen LogP contribution in [-0.4, -0.2) is 48.2 Å². The van der Waals surface area contributed by atoms with Crippen LogP contribution < -0.4 is 5.32 Å². The highest BCUT2D eigenvalue weighted by Crippen LogP contribution is 2.27. The molecule has 1 unspecified atom stereocenters. The molecule has 21 heavy (non-hydrogen) atoms. The summed E-state index contributed by atoms with van der Waals surface area (Å²) in [7, 11) is 0. The average Bonchev–Trinajstić information content (AvgIpc) is 2.94.